The summed E-state index contributed by atoms with van der Waals surface area (Å²) in [7, 11) is 0. The lowest BCUT2D eigenvalue weighted by Gasteiger charge is -2.44. The van der Waals surface area contributed by atoms with Gasteiger partial charge in [-0.15, -0.1) is 0 Å². The van der Waals surface area contributed by atoms with Crippen LogP contribution in [0.4, 0.5) is 0 Å². The molecule has 0 spiro atoms. The van der Waals surface area contributed by atoms with Crippen LogP contribution in [0.5, 0.6) is 0 Å². The zero-order chi connectivity index (χ0) is 13.7. The van der Waals surface area contributed by atoms with Crippen LogP contribution in [0.25, 0.3) is 0 Å². The number of imidazole rings is 1. The molecule has 4 nitrogen and oxygen atoms in total. The summed E-state index contributed by atoms with van der Waals surface area (Å²) in [5.74, 6) is 0. The first-order valence-electron chi connectivity index (χ1n) is 8.42. The van der Waals surface area contributed by atoms with E-state index >= 15 is 0 Å². The van der Waals surface area contributed by atoms with Crippen LogP contribution in [0.15, 0.2) is 12.5 Å². The predicted molar refractivity (Wildman–Crippen MR) is 80.9 cm³/mol. The van der Waals surface area contributed by atoms with E-state index in [0.29, 0.717) is 5.54 Å². The average molecular weight is 277 g/mol. The number of aromatic nitrogens is 2. The van der Waals surface area contributed by atoms with Crippen molar-refractivity contribution in [1.82, 2.24) is 15.3 Å². The monoisotopic (exact) mass is 277 g/mol. The second-order valence-corrected chi connectivity index (χ2v) is 6.66. The Kier molecular flexibility index (Phi) is 4.73. The molecule has 3 saturated heterocycles. The largest absolute Gasteiger partial charge is 0.348 e. The second kappa shape index (κ2) is 6.72. The number of hydrogen-bond donors (Lipinski definition) is 3. The standard InChI is InChI=1S/C10H15N3.C6H13N/c1-2-10(3-5-13(10)4-1)6-9-7-11-8-12-9;1-2-4-6-7-5-3-1/h7-8H,1-6H2,(H,11,12);7H,1-6H2/p+1. The van der Waals surface area contributed by atoms with Crippen LogP contribution in [0.3, 0.4) is 0 Å². The molecule has 0 aromatic carbocycles. The zero-order valence-electron chi connectivity index (χ0n) is 12.6. The molecule has 4 rings (SSSR count). The van der Waals surface area contributed by atoms with Crippen molar-refractivity contribution in [1.29, 1.82) is 0 Å². The van der Waals surface area contributed by atoms with E-state index in [1.807, 2.05) is 11.1 Å². The van der Waals surface area contributed by atoms with Crippen LogP contribution in [-0.2, 0) is 6.42 Å². The summed E-state index contributed by atoms with van der Waals surface area (Å²) < 4.78 is 0. The number of hydrogen-bond acceptors (Lipinski definition) is 2. The summed E-state index contributed by atoms with van der Waals surface area (Å²) in [5, 5.41) is 3.35. The molecule has 112 valence electrons. The van der Waals surface area contributed by atoms with Crippen molar-refractivity contribution < 1.29 is 4.90 Å². The second-order valence-electron chi connectivity index (χ2n) is 6.66. The molecular formula is C16H29N4+. The minimum Gasteiger partial charge on any atom is -0.348 e. The molecule has 20 heavy (non-hydrogen) atoms. The SMILES string of the molecule is C1CCCNCC1.c1ncc(CC23CCC[NH+]2CC3)[nH]1. The van der Waals surface area contributed by atoms with Gasteiger partial charge < -0.3 is 15.2 Å². The highest BCUT2D eigenvalue weighted by Gasteiger charge is 2.52. The molecule has 3 fully saturated rings. The molecule has 0 amide bonds. The van der Waals surface area contributed by atoms with E-state index in [0.717, 1.165) is 0 Å². The summed E-state index contributed by atoms with van der Waals surface area (Å²) >= 11 is 0. The zero-order valence-corrected chi connectivity index (χ0v) is 12.6. The van der Waals surface area contributed by atoms with Crippen LogP contribution < -0.4 is 10.2 Å². The first-order valence-corrected chi connectivity index (χ1v) is 8.42. The molecule has 2 unspecified atom stereocenters. The van der Waals surface area contributed by atoms with Crippen molar-refractivity contribution in [3.63, 3.8) is 0 Å². The van der Waals surface area contributed by atoms with Crippen LogP contribution in [-0.4, -0.2) is 41.7 Å². The minimum absolute atomic E-state index is 0.604. The first kappa shape index (κ1) is 14.1. The number of fused-ring (bicyclic) bond motifs is 1. The van der Waals surface area contributed by atoms with Gasteiger partial charge in [0, 0.05) is 31.2 Å². The van der Waals surface area contributed by atoms with Crippen LogP contribution in [0, 0.1) is 0 Å². The summed E-state index contributed by atoms with van der Waals surface area (Å²) in [6.45, 7) is 5.29. The number of nitrogens with one attached hydrogen (secondary N) is 3. The van der Waals surface area contributed by atoms with E-state index < -0.39 is 0 Å². The predicted octanol–water partition coefficient (Wildman–Crippen LogP) is 0.923. The van der Waals surface area contributed by atoms with E-state index in [4.69, 9.17) is 0 Å². The first-order chi connectivity index (χ1) is 9.89. The van der Waals surface area contributed by atoms with Crippen molar-refractivity contribution >= 4 is 0 Å². The van der Waals surface area contributed by atoms with E-state index in [9.17, 15) is 0 Å². The molecule has 4 heterocycles. The molecule has 0 bridgehead atoms. The highest BCUT2D eigenvalue weighted by Crippen LogP contribution is 2.27. The van der Waals surface area contributed by atoms with Gasteiger partial charge >= 0.3 is 0 Å². The molecule has 1 aromatic heterocycles. The lowest BCUT2D eigenvalue weighted by molar-refractivity contribution is -0.983. The Labute approximate surface area is 122 Å². The van der Waals surface area contributed by atoms with E-state index in [-0.39, 0.29) is 0 Å². The van der Waals surface area contributed by atoms with Gasteiger partial charge in [0.2, 0.25) is 0 Å². The van der Waals surface area contributed by atoms with Crippen LogP contribution >= 0.6 is 0 Å². The quantitative estimate of drug-likeness (QED) is 0.753. The fourth-order valence-electron chi connectivity index (χ4n) is 4.01. The number of nitrogens with zero attached hydrogens (tertiary/aromatic N) is 1. The van der Waals surface area contributed by atoms with Crippen molar-refractivity contribution in [3.05, 3.63) is 18.2 Å². The summed E-state index contributed by atoms with van der Waals surface area (Å²) in [5.41, 5.74) is 1.92. The van der Waals surface area contributed by atoms with Gasteiger partial charge in [0.25, 0.3) is 0 Å². The Morgan fingerprint density at radius 2 is 1.90 bits per heavy atom. The maximum absolute atomic E-state index is 4.08. The highest BCUT2D eigenvalue weighted by atomic mass is 15.3. The van der Waals surface area contributed by atoms with E-state index in [2.05, 4.69) is 15.3 Å². The highest BCUT2D eigenvalue weighted by molar-refractivity contribution is 5.04. The minimum atomic E-state index is 0.604. The molecule has 4 heteroatoms. The summed E-state index contributed by atoms with van der Waals surface area (Å²) in [6.07, 6.45) is 14.9. The van der Waals surface area contributed by atoms with E-state index in [1.165, 1.54) is 83.2 Å². The van der Waals surface area contributed by atoms with Crippen LogP contribution in [0.2, 0.25) is 0 Å². The molecule has 1 aromatic rings. The molecule has 3 N–H and O–H groups in total. The third-order valence-electron chi connectivity index (χ3n) is 5.33. The van der Waals surface area contributed by atoms with Gasteiger partial charge in [0.15, 0.2) is 0 Å². The fraction of sp³-hybridized carbons (Fsp3) is 0.812. The maximum Gasteiger partial charge on any atom is 0.109 e. The normalized spacial score (nSPS) is 32.5. The molecular weight excluding hydrogens is 248 g/mol. The topological polar surface area (TPSA) is 45.2 Å². The third kappa shape index (κ3) is 3.23. The molecule has 0 saturated carbocycles. The van der Waals surface area contributed by atoms with Crippen molar-refractivity contribution in [2.24, 2.45) is 0 Å². The Hall–Kier alpha value is -0.870. The Bertz CT molecular complexity index is 370. The molecule has 0 aliphatic carbocycles. The Morgan fingerprint density at radius 3 is 2.50 bits per heavy atom. The molecule has 0 radical (unpaired) electrons. The van der Waals surface area contributed by atoms with Crippen LogP contribution in [0.1, 0.15) is 50.6 Å². The van der Waals surface area contributed by atoms with E-state index in [1.54, 1.807) is 6.33 Å². The number of aromatic amines is 1. The number of H-pyrrole nitrogens is 1. The van der Waals surface area contributed by atoms with Gasteiger partial charge in [-0.05, 0) is 25.9 Å². The van der Waals surface area contributed by atoms with Gasteiger partial charge in [-0.2, -0.15) is 0 Å². The van der Waals surface area contributed by atoms with Gasteiger partial charge in [0.05, 0.1) is 25.8 Å². The summed E-state index contributed by atoms with van der Waals surface area (Å²) in [4.78, 5) is 9.13. The van der Waals surface area contributed by atoms with Crippen molar-refractivity contribution in [3.8, 4) is 0 Å². The van der Waals surface area contributed by atoms with Crippen molar-refractivity contribution in [2.75, 3.05) is 26.2 Å². The van der Waals surface area contributed by atoms with Gasteiger partial charge in [0.1, 0.15) is 5.54 Å². The third-order valence-corrected chi connectivity index (χ3v) is 5.33. The lowest BCUT2D eigenvalue weighted by atomic mass is 9.81. The summed E-state index contributed by atoms with van der Waals surface area (Å²) in [6, 6.07) is 0. The Balaban J connectivity index is 0.000000147. The smallest absolute Gasteiger partial charge is 0.109 e. The average Bonchev–Trinajstić information content (AvgIpc) is 2.91. The van der Waals surface area contributed by atoms with Gasteiger partial charge in [-0.25, -0.2) is 4.98 Å². The molecule has 2 atom stereocenters. The number of quaternary nitrogens is 1. The Morgan fingerprint density at radius 1 is 1.05 bits per heavy atom. The van der Waals surface area contributed by atoms with Crippen molar-refractivity contribution in [2.45, 2.75) is 56.9 Å². The van der Waals surface area contributed by atoms with Gasteiger partial charge in [-0.3, -0.25) is 0 Å². The maximum atomic E-state index is 4.08. The fourth-order valence-corrected chi connectivity index (χ4v) is 4.01. The molecule has 3 aliphatic rings. The van der Waals surface area contributed by atoms with Gasteiger partial charge in [-0.1, -0.05) is 12.8 Å². The number of rotatable bonds is 2. The lowest BCUT2D eigenvalue weighted by Crippen LogP contribution is -3.24. The molecule has 3 aliphatic heterocycles.